The third-order valence-corrected chi connectivity index (χ3v) is 8.60. The fraction of sp³-hybridized carbons (Fsp3) is 0.458. The van der Waals surface area contributed by atoms with Crippen LogP contribution in [0.1, 0.15) is 36.6 Å². The Morgan fingerprint density at radius 3 is 2.50 bits per heavy atom. The lowest BCUT2D eigenvalue weighted by atomic mass is 9.82. The number of hydrogen-bond donors (Lipinski definition) is 0. The SMILES string of the molecule is CS(=O)(=O)N1CCN(c2cc(F)nc(N3C4CCCC3c3cnc(-c5ncccn5)nc3C4)c2)CC1. The molecular weight excluding hydrogens is 483 g/mol. The van der Waals surface area contributed by atoms with Crippen LogP contribution < -0.4 is 9.80 Å². The van der Waals surface area contributed by atoms with E-state index in [2.05, 4.69) is 24.8 Å². The maximum atomic E-state index is 14.8. The van der Waals surface area contributed by atoms with Crippen LogP contribution >= 0.6 is 0 Å². The molecule has 3 aromatic heterocycles. The molecule has 0 saturated carbocycles. The minimum absolute atomic E-state index is 0.0162. The van der Waals surface area contributed by atoms with E-state index in [0.717, 1.165) is 42.6 Å². The van der Waals surface area contributed by atoms with E-state index in [9.17, 15) is 12.8 Å². The molecule has 2 atom stereocenters. The van der Waals surface area contributed by atoms with Crippen LogP contribution in [0.2, 0.25) is 0 Å². The van der Waals surface area contributed by atoms with Crippen molar-refractivity contribution < 1.29 is 12.8 Å². The van der Waals surface area contributed by atoms with Gasteiger partial charge in [-0.3, -0.25) is 0 Å². The predicted octanol–water partition coefficient (Wildman–Crippen LogP) is 2.21. The molecule has 2 saturated heterocycles. The van der Waals surface area contributed by atoms with E-state index in [-0.39, 0.29) is 12.1 Å². The quantitative estimate of drug-likeness (QED) is 0.488. The lowest BCUT2D eigenvalue weighted by Crippen LogP contribution is -2.49. The fourth-order valence-corrected chi connectivity index (χ4v) is 6.44. The van der Waals surface area contributed by atoms with Crippen LogP contribution in [0.5, 0.6) is 0 Å². The Bertz CT molecular complexity index is 1380. The Morgan fingerprint density at radius 1 is 0.972 bits per heavy atom. The van der Waals surface area contributed by atoms with Gasteiger partial charge in [0.15, 0.2) is 11.6 Å². The van der Waals surface area contributed by atoms with Crippen LogP contribution in [0.25, 0.3) is 11.6 Å². The smallest absolute Gasteiger partial charge is 0.216 e. The highest BCUT2D eigenvalue weighted by atomic mass is 32.2. The van der Waals surface area contributed by atoms with E-state index in [1.165, 1.54) is 16.6 Å². The molecule has 36 heavy (non-hydrogen) atoms. The number of hydrogen-bond acceptors (Lipinski definition) is 9. The van der Waals surface area contributed by atoms with E-state index >= 15 is 0 Å². The molecular formula is C24H27FN8O2S. The average molecular weight is 511 g/mol. The summed E-state index contributed by atoms with van der Waals surface area (Å²) in [7, 11) is -3.23. The fourth-order valence-electron chi connectivity index (χ4n) is 5.61. The molecule has 3 aliphatic heterocycles. The van der Waals surface area contributed by atoms with Gasteiger partial charge in [-0.1, -0.05) is 0 Å². The summed E-state index contributed by atoms with van der Waals surface area (Å²) in [6.07, 6.45) is 10.1. The first-order chi connectivity index (χ1) is 17.4. The number of fused-ring (bicyclic) bond motifs is 4. The third-order valence-electron chi connectivity index (χ3n) is 7.30. The summed E-state index contributed by atoms with van der Waals surface area (Å²) in [5.74, 6) is 1.08. The molecule has 0 aromatic carbocycles. The molecule has 2 bridgehead atoms. The zero-order valence-corrected chi connectivity index (χ0v) is 20.8. The van der Waals surface area contributed by atoms with Crippen molar-refractivity contribution in [2.45, 2.75) is 37.8 Å². The van der Waals surface area contributed by atoms with Crippen LogP contribution in [0.4, 0.5) is 15.9 Å². The van der Waals surface area contributed by atoms with Crippen LogP contribution in [-0.2, 0) is 16.4 Å². The molecule has 2 unspecified atom stereocenters. The number of sulfonamides is 1. The van der Waals surface area contributed by atoms with Gasteiger partial charge in [-0.15, -0.1) is 0 Å². The zero-order valence-electron chi connectivity index (χ0n) is 20.0. The Balaban J connectivity index is 1.30. The Hall–Kier alpha value is -3.25. The topological polar surface area (TPSA) is 108 Å². The second-order valence-electron chi connectivity index (χ2n) is 9.54. The van der Waals surface area contributed by atoms with Crippen molar-refractivity contribution >= 4 is 21.5 Å². The van der Waals surface area contributed by atoms with E-state index in [0.29, 0.717) is 43.6 Å². The monoisotopic (exact) mass is 510 g/mol. The molecule has 6 rings (SSSR count). The molecule has 0 spiro atoms. The van der Waals surface area contributed by atoms with Gasteiger partial charge in [-0.05, 0) is 25.3 Å². The van der Waals surface area contributed by atoms with Crippen molar-refractivity contribution in [2.75, 3.05) is 42.2 Å². The summed E-state index contributed by atoms with van der Waals surface area (Å²) in [6.45, 7) is 1.77. The zero-order chi connectivity index (χ0) is 24.9. The lowest BCUT2D eigenvalue weighted by Gasteiger charge is -2.47. The van der Waals surface area contributed by atoms with Gasteiger partial charge >= 0.3 is 0 Å². The highest BCUT2D eigenvalue weighted by Gasteiger charge is 2.40. The maximum Gasteiger partial charge on any atom is 0.216 e. The Kier molecular flexibility index (Phi) is 5.79. The molecule has 12 heteroatoms. The van der Waals surface area contributed by atoms with Crippen molar-refractivity contribution in [1.29, 1.82) is 0 Å². The minimum Gasteiger partial charge on any atom is -0.369 e. The molecule has 3 aliphatic rings. The van der Waals surface area contributed by atoms with Crippen molar-refractivity contribution in [3.63, 3.8) is 0 Å². The Morgan fingerprint density at radius 2 is 1.75 bits per heavy atom. The summed E-state index contributed by atoms with van der Waals surface area (Å²) >= 11 is 0. The van der Waals surface area contributed by atoms with Gasteiger partial charge in [0, 0.05) is 80.6 Å². The number of nitrogens with zero attached hydrogens (tertiary/aromatic N) is 8. The van der Waals surface area contributed by atoms with Crippen LogP contribution in [-0.4, -0.2) is 76.1 Å². The van der Waals surface area contributed by atoms with Crippen LogP contribution in [0.15, 0.2) is 36.8 Å². The van der Waals surface area contributed by atoms with Gasteiger partial charge in [-0.2, -0.15) is 8.70 Å². The number of pyridine rings is 1. The molecule has 0 amide bonds. The second-order valence-corrected chi connectivity index (χ2v) is 11.5. The first-order valence-corrected chi connectivity index (χ1v) is 14.0. The van der Waals surface area contributed by atoms with E-state index in [1.807, 2.05) is 17.2 Å². The summed E-state index contributed by atoms with van der Waals surface area (Å²) < 4.78 is 40.0. The van der Waals surface area contributed by atoms with E-state index in [1.54, 1.807) is 18.5 Å². The molecule has 6 heterocycles. The third kappa shape index (κ3) is 4.28. The Labute approximate surface area is 209 Å². The molecule has 0 N–H and O–H groups in total. The highest BCUT2D eigenvalue weighted by molar-refractivity contribution is 7.88. The number of halogens is 1. The van der Waals surface area contributed by atoms with Crippen molar-refractivity contribution in [2.24, 2.45) is 0 Å². The number of anilines is 2. The van der Waals surface area contributed by atoms with Crippen molar-refractivity contribution in [3.05, 3.63) is 54.0 Å². The lowest BCUT2D eigenvalue weighted by molar-refractivity contribution is 0.353. The molecule has 0 aliphatic carbocycles. The van der Waals surface area contributed by atoms with Gasteiger partial charge in [0.25, 0.3) is 0 Å². The van der Waals surface area contributed by atoms with Gasteiger partial charge in [0.2, 0.25) is 16.0 Å². The number of piperidine rings is 1. The molecule has 3 aromatic rings. The second kappa shape index (κ2) is 9.00. The van der Waals surface area contributed by atoms with Crippen molar-refractivity contribution in [3.8, 4) is 11.6 Å². The number of rotatable bonds is 4. The molecule has 0 radical (unpaired) electrons. The summed E-state index contributed by atoms with van der Waals surface area (Å²) in [4.78, 5) is 26.5. The molecule has 2 fully saturated rings. The van der Waals surface area contributed by atoms with Gasteiger partial charge in [0.1, 0.15) is 5.82 Å². The summed E-state index contributed by atoms with van der Waals surface area (Å²) in [6, 6.07) is 5.29. The minimum atomic E-state index is -3.23. The average Bonchev–Trinajstić information content (AvgIpc) is 2.88. The standard InChI is InChI=1S/C24H27FN8O2S/c1-36(34,35)32-10-8-31(9-11-32)17-13-21(25)30-22(14-17)33-16-4-2-5-20(33)18-15-28-24(29-19(18)12-16)23-26-6-3-7-27-23/h3,6-7,13-16,20H,2,4-5,8-12H2,1H3. The summed E-state index contributed by atoms with van der Waals surface area (Å²) in [5.41, 5.74) is 2.76. The van der Waals surface area contributed by atoms with Crippen molar-refractivity contribution in [1.82, 2.24) is 29.2 Å². The maximum absolute atomic E-state index is 14.8. The first kappa shape index (κ1) is 23.2. The highest BCUT2D eigenvalue weighted by Crippen LogP contribution is 2.44. The number of aromatic nitrogens is 5. The predicted molar refractivity (Wildman–Crippen MR) is 132 cm³/mol. The molecule has 10 nitrogen and oxygen atoms in total. The first-order valence-electron chi connectivity index (χ1n) is 12.2. The van der Waals surface area contributed by atoms with E-state index in [4.69, 9.17) is 4.98 Å². The van der Waals surface area contributed by atoms with Gasteiger partial charge in [-0.25, -0.2) is 33.3 Å². The largest absolute Gasteiger partial charge is 0.369 e. The summed E-state index contributed by atoms with van der Waals surface area (Å²) in [5, 5.41) is 0. The van der Waals surface area contributed by atoms with Crippen LogP contribution in [0, 0.1) is 5.95 Å². The van der Waals surface area contributed by atoms with Gasteiger partial charge in [0.05, 0.1) is 18.0 Å². The van der Waals surface area contributed by atoms with Crippen LogP contribution in [0.3, 0.4) is 0 Å². The van der Waals surface area contributed by atoms with Gasteiger partial charge < -0.3 is 9.80 Å². The normalized spacial score (nSPS) is 22.4. The van der Waals surface area contributed by atoms with E-state index < -0.39 is 16.0 Å². The number of piperazine rings is 1. The molecule has 188 valence electrons.